The summed E-state index contributed by atoms with van der Waals surface area (Å²) in [5, 5.41) is 0. The Bertz CT molecular complexity index is 3930. The zero-order valence-electron chi connectivity index (χ0n) is 45.0. The summed E-state index contributed by atoms with van der Waals surface area (Å²) in [6.45, 7) is -0.0766. The molecular weight excluding hydrogens is 1040 g/mol. The molecule has 2 aliphatic carbocycles. The molecule has 2 fully saturated rings. The summed E-state index contributed by atoms with van der Waals surface area (Å²) in [7, 11) is 0. The number of anilines is 13. The number of para-hydroxylation sites is 6. The van der Waals surface area contributed by atoms with Crippen LogP contribution in [0.1, 0.15) is 64.2 Å². The van der Waals surface area contributed by atoms with Gasteiger partial charge < -0.3 is 0 Å². The van der Waals surface area contributed by atoms with Gasteiger partial charge in [0.25, 0.3) is 0 Å². The second-order valence-electron chi connectivity index (χ2n) is 22.8. The monoisotopic (exact) mass is 1100 g/mol. The number of benzene rings is 10. The predicted molar refractivity (Wildman–Crippen MR) is 342 cm³/mol. The average Bonchev–Trinajstić information content (AvgIpc) is 2.61. The first-order chi connectivity index (χ1) is 39.7. The zero-order valence-corrected chi connectivity index (χ0v) is 46.8. The Kier molecular flexibility index (Phi) is 11.9. The van der Waals surface area contributed by atoms with Crippen LogP contribution >= 0.6 is 0 Å². The number of rotatable bonds is 9. The van der Waals surface area contributed by atoms with Gasteiger partial charge in [-0.25, -0.2) is 0 Å². The molecule has 0 atom stereocenters. The molecule has 10 aromatic rings. The van der Waals surface area contributed by atoms with Gasteiger partial charge in [-0.05, 0) is 37.8 Å². The van der Waals surface area contributed by atoms with Gasteiger partial charge >= 0.3 is 363 Å². The molecule has 4 aliphatic heterocycles. The molecule has 8 heteroatoms. The maximum atomic E-state index is 2.97. The van der Waals surface area contributed by atoms with Gasteiger partial charge in [0.2, 0.25) is 0 Å². The molecule has 0 bridgehead atoms. The van der Waals surface area contributed by atoms with Crippen molar-refractivity contribution >= 4 is 144 Å². The summed E-state index contributed by atoms with van der Waals surface area (Å²) in [5.74, 6) is 0. The molecule has 80 heavy (non-hydrogen) atoms. The first-order valence-electron chi connectivity index (χ1n) is 29.4. The summed E-state index contributed by atoms with van der Waals surface area (Å²) < 4.78 is 2.71. The van der Waals surface area contributed by atoms with Gasteiger partial charge in [0.1, 0.15) is 0 Å². The Morgan fingerprint density at radius 3 is 1.06 bits per heavy atom. The molecule has 4 heterocycles. The van der Waals surface area contributed by atoms with Gasteiger partial charge in [-0.3, -0.25) is 0 Å². The molecule has 0 amide bonds. The van der Waals surface area contributed by atoms with Crippen LogP contribution < -0.4 is 66.2 Å². The molecule has 2 saturated carbocycles. The summed E-state index contributed by atoms with van der Waals surface area (Å²) in [6, 6.07) is 91.3. The van der Waals surface area contributed by atoms with Gasteiger partial charge in [-0.1, -0.05) is 62.8 Å². The van der Waals surface area contributed by atoms with Crippen molar-refractivity contribution in [1.82, 2.24) is 0 Å². The Hall–Kier alpha value is -8.15. The third-order valence-corrected chi connectivity index (χ3v) is 20.4. The van der Waals surface area contributed by atoms with Crippen molar-refractivity contribution in [2.75, 3.05) is 24.5 Å². The standard InChI is InChI=1S/C72H61B2N5Se/c1-8-26-50(27-9-1)75(51-28-10-2-11-29-51)56-44-67-71-68(45-56)78(54-34-16-5-17-35-54)65-49-66-62(48-61(65)73(71)59-40-22-24-42-63(59)76(67)52-30-12-3-13-31-52)74-60-41-23-25-43-64(60)77(53-32-14-4-15-33-53)69-46-58(80-57-38-20-7-21-39-57)47-70(72(69)74)79(66)55-36-18-6-19-37-55/h3-7,12-25,30-51H,1-2,8-11,26-29H2. The summed E-state index contributed by atoms with van der Waals surface area (Å²) >= 11 is 0.0501. The zero-order chi connectivity index (χ0) is 52.7. The van der Waals surface area contributed by atoms with Gasteiger partial charge in [0.15, 0.2) is 0 Å². The Labute approximate surface area is 478 Å². The van der Waals surface area contributed by atoms with Crippen molar-refractivity contribution < 1.29 is 0 Å². The van der Waals surface area contributed by atoms with Crippen LogP contribution in [0, 0.1) is 0 Å². The third kappa shape index (κ3) is 7.81. The van der Waals surface area contributed by atoms with E-state index in [2.05, 4.69) is 261 Å². The van der Waals surface area contributed by atoms with Gasteiger partial charge in [-0.2, -0.15) is 0 Å². The van der Waals surface area contributed by atoms with Crippen molar-refractivity contribution in [2.45, 2.75) is 76.3 Å². The summed E-state index contributed by atoms with van der Waals surface area (Å²) in [5.41, 5.74) is 24.2. The van der Waals surface area contributed by atoms with E-state index in [0.717, 1.165) is 5.69 Å². The van der Waals surface area contributed by atoms with Crippen molar-refractivity contribution in [2.24, 2.45) is 0 Å². The fourth-order valence-corrected chi connectivity index (χ4v) is 16.9. The minimum atomic E-state index is -0.0395. The van der Waals surface area contributed by atoms with E-state index >= 15 is 0 Å². The Morgan fingerprint density at radius 1 is 0.300 bits per heavy atom. The van der Waals surface area contributed by atoms with E-state index in [4.69, 9.17) is 0 Å². The first kappa shape index (κ1) is 47.8. The number of nitrogens with zero attached hydrogens (tertiary/aromatic N) is 5. The van der Waals surface area contributed by atoms with E-state index in [-0.39, 0.29) is 28.4 Å². The van der Waals surface area contributed by atoms with Crippen molar-refractivity contribution in [1.29, 1.82) is 0 Å². The van der Waals surface area contributed by atoms with Crippen LogP contribution in [0.5, 0.6) is 0 Å². The first-order valence-corrected chi connectivity index (χ1v) is 31.1. The van der Waals surface area contributed by atoms with Crippen LogP contribution in [-0.2, 0) is 0 Å². The van der Waals surface area contributed by atoms with Crippen molar-refractivity contribution in [3.8, 4) is 0 Å². The molecule has 0 unspecified atom stereocenters. The Morgan fingerprint density at radius 2 is 0.650 bits per heavy atom. The summed E-state index contributed by atoms with van der Waals surface area (Å²) in [4.78, 5) is 13.4. The molecule has 5 nitrogen and oxygen atoms in total. The van der Waals surface area contributed by atoms with Crippen LogP contribution in [-0.4, -0.2) is 40.5 Å². The van der Waals surface area contributed by atoms with Gasteiger partial charge in [0, 0.05) is 17.8 Å². The maximum absolute atomic E-state index is 2.97. The number of hydrogen-bond donors (Lipinski definition) is 0. The van der Waals surface area contributed by atoms with Crippen LogP contribution in [0.25, 0.3) is 0 Å². The fourth-order valence-electron chi connectivity index (χ4n) is 15.0. The van der Waals surface area contributed by atoms with E-state index in [1.165, 1.54) is 174 Å². The van der Waals surface area contributed by atoms with Crippen LogP contribution in [0.3, 0.4) is 0 Å². The molecule has 0 spiro atoms. The quantitative estimate of drug-likeness (QED) is 0.134. The SMILES string of the molecule is c1ccc([Se]c2cc3c4c(c2)N(c2ccccc2)c2cc5c(cc2B4c2ccccc2N3c2ccccc2)B2c3ccccc3N(c3ccccc3)c3cc(N(C4CCCCC4)C4CCCCC4)cc(c32)N5c2ccccc2)cc1. The van der Waals surface area contributed by atoms with E-state index in [1.54, 1.807) is 0 Å². The summed E-state index contributed by atoms with van der Waals surface area (Å²) in [6.07, 6.45) is 12.9. The minimum absolute atomic E-state index is 0.0371. The van der Waals surface area contributed by atoms with Crippen LogP contribution in [0.4, 0.5) is 73.9 Å². The number of fused-ring (bicyclic) bond motifs is 8. The topological polar surface area (TPSA) is 16.2 Å². The van der Waals surface area contributed by atoms with Crippen LogP contribution in [0.2, 0.25) is 0 Å². The molecule has 0 aromatic heterocycles. The molecule has 10 aromatic carbocycles. The molecule has 6 aliphatic rings. The second-order valence-corrected chi connectivity index (χ2v) is 25.2. The van der Waals surface area contributed by atoms with Gasteiger partial charge in [0.05, 0.1) is 0 Å². The molecule has 16 rings (SSSR count). The fraction of sp³-hybridized carbons (Fsp3) is 0.167. The van der Waals surface area contributed by atoms with Crippen molar-refractivity contribution in [3.05, 3.63) is 237 Å². The molecular formula is C72H61B2N5Se. The molecule has 0 N–H and O–H groups in total. The second kappa shape index (κ2) is 19.9. The normalized spacial score (nSPS) is 16.1. The average molecular weight is 1100 g/mol. The van der Waals surface area contributed by atoms with Crippen molar-refractivity contribution in [3.63, 3.8) is 0 Å². The molecule has 0 radical (unpaired) electrons. The molecule has 0 saturated heterocycles. The number of hydrogen-bond acceptors (Lipinski definition) is 5. The van der Waals surface area contributed by atoms with E-state index in [1.807, 2.05) is 0 Å². The molecule has 386 valence electrons. The third-order valence-electron chi connectivity index (χ3n) is 18.3. The van der Waals surface area contributed by atoms with Gasteiger partial charge in [-0.15, -0.1) is 0 Å². The predicted octanol–water partition coefficient (Wildman–Crippen LogP) is 13.0. The van der Waals surface area contributed by atoms with E-state index in [9.17, 15) is 0 Å². The van der Waals surface area contributed by atoms with Crippen LogP contribution in [0.15, 0.2) is 237 Å². The Balaban J connectivity index is 1.00. The van der Waals surface area contributed by atoms with E-state index < -0.39 is 0 Å². The van der Waals surface area contributed by atoms with E-state index in [0.29, 0.717) is 12.1 Å².